The van der Waals surface area contributed by atoms with Crippen LogP contribution in [0.25, 0.3) is 11.0 Å². The number of hydrogen-bond acceptors (Lipinski definition) is 8. The van der Waals surface area contributed by atoms with Gasteiger partial charge in [-0.3, -0.25) is 4.79 Å². The summed E-state index contributed by atoms with van der Waals surface area (Å²) in [5.74, 6) is -0.264. The Morgan fingerprint density at radius 3 is 2.60 bits per heavy atom. The van der Waals surface area contributed by atoms with Crippen LogP contribution in [0.3, 0.4) is 0 Å². The van der Waals surface area contributed by atoms with Gasteiger partial charge in [0.05, 0.1) is 18.3 Å². The molecule has 0 radical (unpaired) electrons. The summed E-state index contributed by atoms with van der Waals surface area (Å²) in [5.41, 5.74) is 5.52. The van der Waals surface area contributed by atoms with E-state index in [4.69, 9.17) is 9.26 Å². The van der Waals surface area contributed by atoms with E-state index in [0.29, 0.717) is 18.7 Å². The van der Waals surface area contributed by atoms with Crippen LogP contribution >= 0.6 is 0 Å². The third-order valence-corrected chi connectivity index (χ3v) is 10.9. The lowest BCUT2D eigenvalue weighted by Gasteiger charge is -2.37. The molecule has 0 saturated carbocycles. The van der Waals surface area contributed by atoms with Crippen molar-refractivity contribution in [2.75, 3.05) is 6.54 Å². The molecule has 0 unspecified atom stereocenters. The lowest BCUT2D eigenvalue weighted by atomic mass is 9.74. The molecule has 1 aliphatic heterocycles. The minimum atomic E-state index is -3.85. The van der Waals surface area contributed by atoms with E-state index in [1.807, 2.05) is 64.4 Å². The van der Waals surface area contributed by atoms with Gasteiger partial charge in [0.15, 0.2) is 0 Å². The van der Waals surface area contributed by atoms with E-state index in [1.165, 1.54) is 16.6 Å². The monoisotopic (exact) mass is 656 g/mol. The van der Waals surface area contributed by atoms with Gasteiger partial charge in [0.25, 0.3) is 5.91 Å². The van der Waals surface area contributed by atoms with E-state index in [-0.39, 0.29) is 41.7 Å². The van der Waals surface area contributed by atoms with Gasteiger partial charge in [0.1, 0.15) is 22.3 Å². The number of fused-ring (bicyclic) bond motifs is 2. The quantitative estimate of drug-likeness (QED) is 0.212. The highest BCUT2D eigenvalue weighted by atomic mass is 32.2. The second-order valence-electron chi connectivity index (χ2n) is 12.6. The zero-order chi connectivity index (χ0) is 33.5. The van der Waals surface area contributed by atoms with E-state index in [1.54, 1.807) is 24.3 Å². The Balaban J connectivity index is 1.45. The van der Waals surface area contributed by atoms with Crippen LogP contribution in [-0.2, 0) is 23.1 Å². The molecule has 1 aliphatic rings. The highest BCUT2D eigenvalue weighted by molar-refractivity contribution is 7.89. The largest absolute Gasteiger partial charge is 0.488 e. The maximum absolute atomic E-state index is 14.0. The minimum absolute atomic E-state index is 0.110. The van der Waals surface area contributed by atoms with Crippen LogP contribution in [0.4, 0.5) is 0 Å². The summed E-state index contributed by atoms with van der Waals surface area (Å²) in [6, 6.07) is 18.5. The number of sulfonamides is 1. The van der Waals surface area contributed by atoms with E-state index in [9.17, 15) is 13.2 Å². The zero-order valence-electron chi connectivity index (χ0n) is 27.5. The topological polar surface area (TPSA) is 132 Å². The van der Waals surface area contributed by atoms with Crippen LogP contribution in [-0.4, -0.2) is 57.0 Å². The standard InChI is InChI=1S/C35H40N6O5S/c1-7-26-21-40(47(43,44)31-12-10-9-11-29(31)45-26)20-25-19-24(14-13-22(25)3)32(35(5,6)37-34(42)30-17-18-36-46-30)27-15-16-28-33(23(27)4)38-39-41(28)8-2/h9-19,26,32H,7-8,20-21H2,1-6H3,(H,37,42)/t26-,32+/m1/s1. The molecule has 5 aromatic rings. The summed E-state index contributed by atoms with van der Waals surface area (Å²) < 4.78 is 42.7. The Morgan fingerprint density at radius 1 is 1.09 bits per heavy atom. The molecule has 2 aromatic heterocycles. The number of para-hydroxylation sites is 1. The number of ether oxygens (including phenoxy) is 1. The number of aromatic nitrogens is 4. The number of rotatable bonds is 9. The summed E-state index contributed by atoms with van der Waals surface area (Å²) in [6.07, 6.45) is 1.80. The highest BCUT2D eigenvalue weighted by Crippen LogP contribution is 2.40. The number of nitrogens with one attached hydrogen (secondary N) is 1. The third-order valence-electron chi connectivity index (χ3n) is 9.09. The molecule has 3 aromatic carbocycles. The fourth-order valence-electron chi connectivity index (χ4n) is 6.51. The zero-order valence-corrected chi connectivity index (χ0v) is 28.3. The van der Waals surface area contributed by atoms with Crippen molar-refractivity contribution in [1.82, 2.24) is 29.8 Å². The number of carbonyl (C=O) groups is 1. The van der Waals surface area contributed by atoms with Crippen LogP contribution in [0.1, 0.15) is 78.4 Å². The van der Waals surface area contributed by atoms with Crippen LogP contribution < -0.4 is 10.1 Å². The molecule has 3 heterocycles. The first-order valence-electron chi connectivity index (χ1n) is 15.9. The van der Waals surface area contributed by atoms with Gasteiger partial charge in [-0.1, -0.05) is 53.7 Å². The van der Waals surface area contributed by atoms with E-state index >= 15 is 0 Å². The molecule has 246 valence electrons. The Kier molecular flexibility index (Phi) is 8.66. The fraction of sp³-hybridized carbons (Fsp3) is 0.371. The first kappa shape index (κ1) is 32.4. The van der Waals surface area contributed by atoms with Gasteiger partial charge in [-0.2, -0.15) is 4.31 Å². The van der Waals surface area contributed by atoms with Gasteiger partial charge in [-0.05, 0) is 87.1 Å². The SMILES string of the molecule is CC[C@@H]1CN(Cc2cc([C@@H](c3ccc4c(nnn4CC)c3C)C(C)(C)NC(=O)c3ccno3)ccc2C)S(=O)(=O)c2ccccc2O1. The number of carbonyl (C=O) groups excluding carboxylic acids is 1. The van der Waals surface area contributed by atoms with E-state index in [0.717, 1.165) is 38.9 Å². The van der Waals surface area contributed by atoms with Gasteiger partial charge in [0, 0.05) is 30.6 Å². The van der Waals surface area contributed by atoms with Crippen molar-refractivity contribution in [2.24, 2.45) is 0 Å². The molecule has 1 amide bonds. The molecular formula is C35H40N6O5S. The van der Waals surface area contributed by atoms with E-state index < -0.39 is 15.6 Å². The van der Waals surface area contributed by atoms with Crippen LogP contribution in [0.15, 0.2) is 76.3 Å². The molecule has 1 N–H and O–H groups in total. The molecule has 0 bridgehead atoms. The Morgan fingerprint density at radius 2 is 1.87 bits per heavy atom. The Hall–Kier alpha value is -4.55. The third kappa shape index (κ3) is 6.03. The molecule has 0 fully saturated rings. The van der Waals surface area contributed by atoms with Crippen molar-refractivity contribution in [1.29, 1.82) is 0 Å². The van der Waals surface area contributed by atoms with Crippen molar-refractivity contribution in [3.05, 3.63) is 100 Å². The lowest BCUT2D eigenvalue weighted by molar-refractivity contribution is 0.0868. The molecule has 0 saturated heterocycles. The molecule has 0 aliphatic carbocycles. The maximum Gasteiger partial charge on any atom is 0.290 e. The number of amides is 1. The van der Waals surface area contributed by atoms with Crippen LogP contribution in [0.5, 0.6) is 5.75 Å². The molecule has 12 heteroatoms. The van der Waals surface area contributed by atoms with Crippen molar-refractivity contribution in [2.45, 2.75) is 83.5 Å². The average Bonchev–Trinajstić information content (AvgIpc) is 3.72. The number of benzene rings is 3. The van der Waals surface area contributed by atoms with Gasteiger partial charge >= 0.3 is 0 Å². The fourth-order valence-corrected chi connectivity index (χ4v) is 8.08. The average molecular weight is 657 g/mol. The predicted molar refractivity (Wildman–Crippen MR) is 178 cm³/mol. The second-order valence-corrected chi connectivity index (χ2v) is 14.5. The first-order chi connectivity index (χ1) is 22.4. The minimum Gasteiger partial charge on any atom is -0.488 e. The van der Waals surface area contributed by atoms with Gasteiger partial charge < -0.3 is 14.6 Å². The summed E-state index contributed by atoms with van der Waals surface area (Å²) in [6.45, 7) is 13.0. The van der Waals surface area contributed by atoms with Crippen molar-refractivity contribution in [3.63, 3.8) is 0 Å². The molecule has 2 atom stereocenters. The van der Waals surface area contributed by atoms with Crippen molar-refractivity contribution >= 4 is 27.0 Å². The molecule has 47 heavy (non-hydrogen) atoms. The van der Waals surface area contributed by atoms with Crippen LogP contribution in [0.2, 0.25) is 0 Å². The maximum atomic E-state index is 14.0. The number of hydrogen-bond donors (Lipinski definition) is 1. The molecule has 0 spiro atoms. The second kappa shape index (κ2) is 12.6. The first-order valence-corrected chi connectivity index (χ1v) is 17.3. The summed E-state index contributed by atoms with van der Waals surface area (Å²) in [5, 5.41) is 15.7. The normalized spacial score (nSPS) is 17.1. The number of nitrogens with zero attached hydrogens (tertiary/aromatic N) is 5. The molecule has 11 nitrogen and oxygen atoms in total. The molecule has 6 rings (SSSR count). The summed E-state index contributed by atoms with van der Waals surface area (Å²) in [4.78, 5) is 13.5. The predicted octanol–water partition coefficient (Wildman–Crippen LogP) is 5.76. The van der Waals surface area contributed by atoms with Gasteiger partial charge in [-0.25, -0.2) is 13.1 Å². The van der Waals surface area contributed by atoms with Gasteiger partial charge in [-0.15, -0.1) is 5.10 Å². The lowest BCUT2D eigenvalue weighted by Crippen LogP contribution is -2.48. The van der Waals surface area contributed by atoms with Gasteiger partial charge in [0.2, 0.25) is 15.8 Å². The Bertz CT molecular complexity index is 2040. The summed E-state index contributed by atoms with van der Waals surface area (Å²) >= 11 is 0. The highest BCUT2D eigenvalue weighted by Gasteiger charge is 2.38. The van der Waals surface area contributed by atoms with Crippen molar-refractivity contribution in [3.8, 4) is 5.75 Å². The summed E-state index contributed by atoms with van der Waals surface area (Å²) in [7, 11) is -3.85. The smallest absolute Gasteiger partial charge is 0.290 e. The molecular weight excluding hydrogens is 616 g/mol. The Labute approximate surface area is 274 Å². The van der Waals surface area contributed by atoms with Crippen molar-refractivity contribution < 1.29 is 22.5 Å². The number of aryl methyl sites for hydroxylation is 3. The van der Waals surface area contributed by atoms with Crippen LogP contribution in [0, 0.1) is 13.8 Å². The van der Waals surface area contributed by atoms with E-state index in [2.05, 4.69) is 32.9 Å².